The van der Waals surface area contributed by atoms with E-state index in [1.165, 1.54) is 16.7 Å². The minimum atomic E-state index is -3.35. The van der Waals surface area contributed by atoms with Crippen LogP contribution in [0, 0.1) is 6.92 Å². The van der Waals surface area contributed by atoms with Crippen LogP contribution in [0.1, 0.15) is 18.7 Å². The van der Waals surface area contributed by atoms with Crippen molar-refractivity contribution in [1.82, 2.24) is 14.3 Å². The average Bonchev–Trinajstić information content (AvgIpc) is 2.71. The van der Waals surface area contributed by atoms with Crippen LogP contribution in [0.25, 0.3) is 0 Å². The fraction of sp³-hybridized carbons (Fsp3) is 0.556. The predicted octanol–water partition coefficient (Wildman–Crippen LogP) is 0.570. The van der Waals surface area contributed by atoms with Crippen LogP contribution in [-0.4, -0.2) is 35.8 Å². The first-order chi connectivity index (χ1) is 7.10. The number of aryl methyl sites for hydroxylation is 1. The van der Waals surface area contributed by atoms with Crippen molar-refractivity contribution in [3.63, 3.8) is 0 Å². The minimum absolute atomic E-state index is 0.190. The molecule has 0 aromatic carbocycles. The smallest absolute Gasteiger partial charge is 0.240 e. The first kappa shape index (κ1) is 10.5. The van der Waals surface area contributed by atoms with Crippen molar-refractivity contribution in [1.29, 1.82) is 0 Å². The molecule has 5 nitrogen and oxygen atoms in total. The molecular formula is C9H13N3O2S. The number of nitrogens with zero attached hydrogens (tertiary/aromatic N) is 3. The Morgan fingerprint density at radius 3 is 2.27 bits per heavy atom. The van der Waals surface area contributed by atoms with Gasteiger partial charge >= 0.3 is 0 Å². The normalized spacial score (nSPS) is 18.2. The predicted molar refractivity (Wildman–Crippen MR) is 54.8 cm³/mol. The van der Waals surface area contributed by atoms with Crippen LogP contribution in [0.5, 0.6) is 0 Å². The third-order valence-corrected chi connectivity index (χ3v) is 4.31. The summed E-state index contributed by atoms with van der Waals surface area (Å²) in [6, 6.07) is 0. The van der Waals surface area contributed by atoms with Gasteiger partial charge in [-0.25, -0.2) is 18.4 Å². The lowest BCUT2D eigenvalue weighted by Gasteiger charge is -2.14. The quantitative estimate of drug-likeness (QED) is 0.741. The Labute approximate surface area is 89.2 Å². The van der Waals surface area contributed by atoms with Gasteiger partial charge in [0.15, 0.2) is 0 Å². The fourth-order valence-corrected chi connectivity index (χ4v) is 3.00. The highest BCUT2D eigenvalue weighted by atomic mass is 32.2. The first-order valence-corrected chi connectivity index (χ1v) is 6.33. The fourth-order valence-electron chi connectivity index (χ4n) is 1.59. The zero-order chi connectivity index (χ0) is 10.9. The van der Waals surface area contributed by atoms with E-state index >= 15 is 0 Å². The highest BCUT2D eigenvalue weighted by Gasteiger charge is 2.27. The second-order valence-electron chi connectivity index (χ2n) is 3.58. The maximum absolute atomic E-state index is 12.0. The molecule has 15 heavy (non-hydrogen) atoms. The Hall–Kier alpha value is -1.01. The van der Waals surface area contributed by atoms with E-state index in [0.717, 1.165) is 12.8 Å². The summed E-state index contributed by atoms with van der Waals surface area (Å²) in [5.41, 5.74) is 0. The molecule has 0 aliphatic carbocycles. The molecule has 0 saturated carbocycles. The van der Waals surface area contributed by atoms with Crippen molar-refractivity contribution in [3.05, 3.63) is 18.2 Å². The lowest BCUT2D eigenvalue weighted by Crippen LogP contribution is -2.28. The molecule has 0 amide bonds. The molecule has 0 radical (unpaired) electrons. The number of rotatable bonds is 2. The second-order valence-corrected chi connectivity index (χ2v) is 5.52. The van der Waals surface area contributed by atoms with E-state index in [9.17, 15) is 8.42 Å². The van der Waals surface area contributed by atoms with Crippen LogP contribution < -0.4 is 0 Å². The van der Waals surface area contributed by atoms with Gasteiger partial charge in [-0.3, -0.25) is 0 Å². The molecule has 2 heterocycles. The molecule has 0 spiro atoms. The Morgan fingerprint density at radius 1 is 1.20 bits per heavy atom. The van der Waals surface area contributed by atoms with Gasteiger partial charge in [0.25, 0.3) is 0 Å². The van der Waals surface area contributed by atoms with Crippen molar-refractivity contribution < 1.29 is 8.42 Å². The first-order valence-electron chi connectivity index (χ1n) is 4.89. The highest BCUT2D eigenvalue weighted by Crippen LogP contribution is 2.19. The molecule has 1 aromatic heterocycles. The number of hydrogen-bond donors (Lipinski definition) is 0. The second kappa shape index (κ2) is 3.86. The van der Waals surface area contributed by atoms with E-state index in [2.05, 4.69) is 9.97 Å². The van der Waals surface area contributed by atoms with E-state index in [4.69, 9.17) is 0 Å². The maximum Gasteiger partial charge on any atom is 0.246 e. The molecule has 1 aliphatic heterocycles. The van der Waals surface area contributed by atoms with Gasteiger partial charge in [-0.05, 0) is 19.8 Å². The molecule has 1 fully saturated rings. The standard InChI is InChI=1S/C9H13N3O2S/c1-8-10-6-9(7-11-8)15(13,14)12-4-2-3-5-12/h6-7H,2-5H2,1H3. The summed E-state index contributed by atoms with van der Waals surface area (Å²) in [6.07, 6.45) is 4.61. The Balaban J connectivity index is 2.32. The maximum atomic E-state index is 12.0. The Kier molecular flexibility index (Phi) is 2.70. The van der Waals surface area contributed by atoms with Gasteiger partial charge in [0.2, 0.25) is 10.0 Å². The molecule has 2 rings (SSSR count). The molecule has 6 heteroatoms. The third kappa shape index (κ3) is 2.00. The van der Waals surface area contributed by atoms with Gasteiger partial charge < -0.3 is 0 Å². The van der Waals surface area contributed by atoms with Crippen LogP contribution in [0.15, 0.2) is 17.3 Å². The summed E-state index contributed by atoms with van der Waals surface area (Å²) < 4.78 is 25.5. The molecular weight excluding hydrogens is 214 g/mol. The summed E-state index contributed by atoms with van der Waals surface area (Å²) in [6.45, 7) is 2.94. The Morgan fingerprint density at radius 2 is 1.73 bits per heavy atom. The minimum Gasteiger partial charge on any atom is -0.240 e. The molecule has 0 atom stereocenters. The van der Waals surface area contributed by atoms with Crippen LogP contribution >= 0.6 is 0 Å². The van der Waals surface area contributed by atoms with E-state index in [1.807, 2.05) is 0 Å². The molecule has 0 N–H and O–H groups in total. The number of aromatic nitrogens is 2. The zero-order valence-corrected chi connectivity index (χ0v) is 9.37. The monoisotopic (exact) mass is 227 g/mol. The van der Waals surface area contributed by atoms with Gasteiger partial charge in [-0.15, -0.1) is 0 Å². The molecule has 1 aliphatic rings. The highest BCUT2D eigenvalue weighted by molar-refractivity contribution is 7.89. The van der Waals surface area contributed by atoms with Crippen molar-refractivity contribution in [3.8, 4) is 0 Å². The molecule has 0 unspecified atom stereocenters. The van der Waals surface area contributed by atoms with E-state index in [-0.39, 0.29) is 4.90 Å². The van der Waals surface area contributed by atoms with Crippen LogP contribution in [0.2, 0.25) is 0 Å². The molecule has 82 valence electrons. The topological polar surface area (TPSA) is 63.2 Å². The van der Waals surface area contributed by atoms with E-state index in [1.54, 1.807) is 6.92 Å². The lowest BCUT2D eigenvalue weighted by molar-refractivity contribution is 0.476. The number of sulfonamides is 1. The Bertz CT molecular complexity index is 435. The van der Waals surface area contributed by atoms with E-state index < -0.39 is 10.0 Å². The lowest BCUT2D eigenvalue weighted by atomic mass is 10.4. The van der Waals surface area contributed by atoms with Gasteiger partial charge in [0.05, 0.1) is 12.4 Å². The molecule has 1 aromatic rings. The van der Waals surface area contributed by atoms with Crippen molar-refractivity contribution in [2.24, 2.45) is 0 Å². The summed E-state index contributed by atoms with van der Waals surface area (Å²) >= 11 is 0. The largest absolute Gasteiger partial charge is 0.246 e. The van der Waals surface area contributed by atoms with Crippen molar-refractivity contribution >= 4 is 10.0 Å². The van der Waals surface area contributed by atoms with Crippen molar-refractivity contribution in [2.45, 2.75) is 24.7 Å². The van der Waals surface area contributed by atoms with Crippen LogP contribution in [-0.2, 0) is 10.0 Å². The third-order valence-electron chi connectivity index (χ3n) is 2.46. The van der Waals surface area contributed by atoms with Crippen LogP contribution in [0.4, 0.5) is 0 Å². The summed E-state index contributed by atoms with van der Waals surface area (Å²) in [5.74, 6) is 0.579. The van der Waals surface area contributed by atoms with Crippen LogP contribution in [0.3, 0.4) is 0 Å². The van der Waals surface area contributed by atoms with Gasteiger partial charge in [0, 0.05) is 13.1 Å². The van der Waals surface area contributed by atoms with Gasteiger partial charge in [-0.1, -0.05) is 0 Å². The van der Waals surface area contributed by atoms with Gasteiger partial charge in [-0.2, -0.15) is 4.31 Å². The average molecular weight is 227 g/mol. The zero-order valence-electron chi connectivity index (χ0n) is 8.55. The molecule has 1 saturated heterocycles. The SMILES string of the molecule is Cc1ncc(S(=O)(=O)N2CCCC2)cn1. The van der Waals surface area contributed by atoms with Crippen molar-refractivity contribution in [2.75, 3.05) is 13.1 Å². The number of hydrogen-bond acceptors (Lipinski definition) is 4. The summed E-state index contributed by atoms with van der Waals surface area (Å²) in [4.78, 5) is 7.99. The van der Waals surface area contributed by atoms with Gasteiger partial charge in [0.1, 0.15) is 10.7 Å². The van der Waals surface area contributed by atoms with E-state index in [0.29, 0.717) is 18.9 Å². The summed E-state index contributed by atoms with van der Waals surface area (Å²) in [5, 5.41) is 0. The molecule has 0 bridgehead atoms. The summed E-state index contributed by atoms with van der Waals surface area (Å²) in [7, 11) is -3.35.